The largest absolute Gasteiger partial charge is 0.344 e. The van der Waals surface area contributed by atoms with Crippen molar-refractivity contribution in [3.63, 3.8) is 0 Å². The SMILES string of the molecule is CC(=O)N(C)C[C@@H]1CCCCN1CCN. The molecule has 0 bridgehead atoms. The molecule has 0 spiro atoms. The second-order valence-electron chi connectivity index (χ2n) is 4.37. The van der Waals surface area contributed by atoms with E-state index in [1.807, 2.05) is 7.05 Å². The zero-order valence-corrected chi connectivity index (χ0v) is 9.91. The van der Waals surface area contributed by atoms with Crippen LogP contribution in [0.15, 0.2) is 0 Å². The highest BCUT2D eigenvalue weighted by molar-refractivity contribution is 5.72. The molecule has 1 fully saturated rings. The number of nitrogens with zero attached hydrogens (tertiary/aromatic N) is 2. The number of amides is 1. The minimum atomic E-state index is 0.147. The maximum absolute atomic E-state index is 11.2. The van der Waals surface area contributed by atoms with Crippen molar-refractivity contribution < 1.29 is 4.79 Å². The van der Waals surface area contributed by atoms with Gasteiger partial charge in [0.2, 0.25) is 5.91 Å². The van der Waals surface area contributed by atoms with Crippen molar-refractivity contribution in [2.24, 2.45) is 5.73 Å². The van der Waals surface area contributed by atoms with Crippen molar-refractivity contribution in [2.75, 3.05) is 33.2 Å². The minimum absolute atomic E-state index is 0.147. The Labute approximate surface area is 92.4 Å². The highest BCUT2D eigenvalue weighted by Crippen LogP contribution is 2.17. The van der Waals surface area contributed by atoms with E-state index in [4.69, 9.17) is 5.73 Å². The van der Waals surface area contributed by atoms with Gasteiger partial charge in [0.25, 0.3) is 0 Å². The topological polar surface area (TPSA) is 49.6 Å². The van der Waals surface area contributed by atoms with Gasteiger partial charge < -0.3 is 10.6 Å². The Hall–Kier alpha value is -0.610. The van der Waals surface area contributed by atoms with E-state index in [2.05, 4.69) is 4.90 Å². The van der Waals surface area contributed by atoms with Gasteiger partial charge in [-0.25, -0.2) is 0 Å². The van der Waals surface area contributed by atoms with E-state index in [1.54, 1.807) is 11.8 Å². The highest BCUT2D eigenvalue weighted by Gasteiger charge is 2.23. The van der Waals surface area contributed by atoms with Crippen LogP contribution in [0, 0.1) is 0 Å². The summed E-state index contributed by atoms with van der Waals surface area (Å²) in [5.74, 6) is 0.147. The molecule has 2 N–H and O–H groups in total. The van der Waals surface area contributed by atoms with Crippen LogP contribution in [0.3, 0.4) is 0 Å². The van der Waals surface area contributed by atoms with Crippen molar-refractivity contribution in [2.45, 2.75) is 32.2 Å². The van der Waals surface area contributed by atoms with Crippen LogP contribution in [-0.4, -0.2) is 55.0 Å². The molecule has 0 aromatic rings. The number of likely N-dealkylation sites (N-methyl/N-ethyl adjacent to an activating group) is 1. The number of rotatable bonds is 4. The van der Waals surface area contributed by atoms with Crippen LogP contribution in [-0.2, 0) is 4.79 Å². The molecule has 1 saturated heterocycles. The zero-order chi connectivity index (χ0) is 11.3. The van der Waals surface area contributed by atoms with Crippen LogP contribution < -0.4 is 5.73 Å². The Morgan fingerprint density at radius 1 is 1.53 bits per heavy atom. The predicted molar refractivity (Wildman–Crippen MR) is 61.6 cm³/mol. The van der Waals surface area contributed by atoms with E-state index in [1.165, 1.54) is 19.3 Å². The lowest BCUT2D eigenvalue weighted by Crippen LogP contribution is -2.48. The van der Waals surface area contributed by atoms with Crippen molar-refractivity contribution in [3.05, 3.63) is 0 Å². The van der Waals surface area contributed by atoms with Crippen LogP contribution in [0.1, 0.15) is 26.2 Å². The number of carbonyl (C=O) groups excluding carboxylic acids is 1. The van der Waals surface area contributed by atoms with Gasteiger partial charge in [0.05, 0.1) is 0 Å². The molecule has 1 aliphatic rings. The van der Waals surface area contributed by atoms with E-state index in [0.29, 0.717) is 12.6 Å². The lowest BCUT2D eigenvalue weighted by atomic mass is 10.0. The average molecular weight is 213 g/mol. The molecular formula is C11H23N3O. The summed E-state index contributed by atoms with van der Waals surface area (Å²) in [6.07, 6.45) is 3.73. The Bertz CT molecular complexity index is 206. The minimum Gasteiger partial charge on any atom is -0.344 e. The van der Waals surface area contributed by atoms with Crippen LogP contribution in [0.25, 0.3) is 0 Å². The van der Waals surface area contributed by atoms with Gasteiger partial charge in [-0.05, 0) is 19.4 Å². The van der Waals surface area contributed by atoms with Crippen molar-refractivity contribution in [1.29, 1.82) is 0 Å². The van der Waals surface area contributed by atoms with Crippen LogP contribution in [0.4, 0.5) is 0 Å². The Kier molecular flexibility index (Phi) is 5.05. The Balaban J connectivity index is 2.45. The maximum Gasteiger partial charge on any atom is 0.219 e. The fraction of sp³-hybridized carbons (Fsp3) is 0.909. The molecule has 4 nitrogen and oxygen atoms in total. The molecule has 0 saturated carbocycles. The predicted octanol–water partition coefficient (Wildman–Crippen LogP) is 0.278. The number of piperidine rings is 1. The molecule has 88 valence electrons. The molecule has 1 rings (SSSR count). The van der Waals surface area contributed by atoms with Crippen LogP contribution in [0.5, 0.6) is 0 Å². The third-order valence-corrected chi connectivity index (χ3v) is 3.19. The number of hydrogen-bond donors (Lipinski definition) is 1. The van der Waals surface area contributed by atoms with Crippen LogP contribution >= 0.6 is 0 Å². The molecule has 0 aromatic carbocycles. The molecule has 1 amide bonds. The summed E-state index contributed by atoms with van der Waals surface area (Å²) in [6, 6.07) is 0.510. The first kappa shape index (κ1) is 12.5. The first-order valence-corrected chi connectivity index (χ1v) is 5.81. The highest BCUT2D eigenvalue weighted by atomic mass is 16.2. The van der Waals surface area contributed by atoms with Gasteiger partial charge >= 0.3 is 0 Å². The summed E-state index contributed by atoms with van der Waals surface area (Å²) >= 11 is 0. The Morgan fingerprint density at radius 3 is 2.87 bits per heavy atom. The fourth-order valence-electron chi connectivity index (χ4n) is 2.17. The van der Waals surface area contributed by atoms with Crippen molar-refractivity contribution in [1.82, 2.24) is 9.80 Å². The summed E-state index contributed by atoms with van der Waals surface area (Å²) in [7, 11) is 1.87. The molecule has 0 aromatic heterocycles. The molecule has 15 heavy (non-hydrogen) atoms. The molecule has 4 heteroatoms. The quantitative estimate of drug-likeness (QED) is 0.729. The first-order chi connectivity index (χ1) is 7.15. The third-order valence-electron chi connectivity index (χ3n) is 3.19. The van der Waals surface area contributed by atoms with Gasteiger partial charge in [0.15, 0.2) is 0 Å². The maximum atomic E-state index is 11.2. The van der Waals surface area contributed by atoms with Gasteiger partial charge in [-0.15, -0.1) is 0 Å². The molecule has 0 aliphatic carbocycles. The summed E-state index contributed by atoms with van der Waals surface area (Å²) in [5.41, 5.74) is 5.59. The normalized spacial score (nSPS) is 22.7. The molecule has 1 aliphatic heterocycles. The van der Waals surface area contributed by atoms with Crippen LogP contribution in [0.2, 0.25) is 0 Å². The van der Waals surface area contributed by atoms with E-state index in [9.17, 15) is 4.79 Å². The lowest BCUT2D eigenvalue weighted by Gasteiger charge is -2.37. The molecule has 0 unspecified atom stereocenters. The van der Waals surface area contributed by atoms with Gasteiger partial charge in [-0.3, -0.25) is 9.69 Å². The smallest absolute Gasteiger partial charge is 0.219 e. The number of nitrogens with two attached hydrogens (primary N) is 1. The monoisotopic (exact) mass is 213 g/mol. The van der Waals surface area contributed by atoms with E-state index in [0.717, 1.165) is 19.6 Å². The van der Waals surface area contributed by atoms with Gasteiger partial charge in [0.1, 0.15) is 0 Å². The first-order valence-electron chi connectivity index (χ1n) is 5.81. The summed E-state index contributed by atoms with van der Waals surface area (Å²) in [4.78, 5) is 15.4. The van der Waals surface area contributed by atoms with E-state index < -0.39 is 0 Å². The Morgan fingerprint density at radius 2 is 2.27 bits per heavy atom. The summed E-state index contributed by atoms with van der Waals surface area (Å²) < 4.78 is 0. The molecular weight excluding hydrogens is 190 g/mol. The second kappa shape index (κ2) is 6.08. The molecule has 1 heterocycles. The van der Waals surface area contributed by atoms with E-state index >= 15 is 0 Å². The summed E-state index contributed by atoms with van der Waals surface area (Å²) in [6.45, 7) is 5.26. The van der Waals surface area contributed by atoms with Gasteiger partial charge in [-0.2, -0.15) is 0 Å². The van der Waals surface area contributed by atoms with Gasteiger partial charge in [0, 0.05) is 39.6 Å². The second-order valence-corrected chi connectivity index (χ2v) is 4.37. The van der Waals surface area contributed by atoms with Gasteiger partial charge in [-0.1, -0.05) is 6.42 Å². The molecule has 1 atom stereocenters. The molecule has 0 radical (unpaired) electrons. The number of carbonyl (C=O) groups is 1. The standard InChI is InChI=1S/C11H23N3O/c1-10(15)13(2)9-11-5-3-4-7-14(11)8-6-12/h11H,3-9,12H2,1-2H3/t11-/m0/s1. The van der Waals surface area contributed by atoms with Crippen molar-refractivity contribution in [3.8, 4) is 0 Å². The van der Waals surface area contributed by atoms with Crippen molar-refractivity contribution >= 4 is 5.91 Å². The summed E-state index contributed by atoms with van der Waals surface area (Å²) in [5, 5.41) is 0. The lowest BCUT2D eigenvalue weighted by molar-refractivity contribution is -0.128. The zero-order valence-electron chi connectivity index (χ0n) is 9.91. The van der Waals surface area contributed by atoms with E-state index in [-0.39, 0.29) is 5.91 Å². The number of likely N-dealkylation sites (tertiary alicyclic amines) is 1. The fourth-order valence-corrected chi connectivity index (χ4v) is 2.17. The third kappa shape index (κ3) is 3.80. The number of hydrogen-bond acceptors (Lipinski definition) is 3. The average Bonchev–Trinajstić information content (AvgIpc) is 2.21.